The number of hydrogen-bond acceptors (Lipinski definition) is 8. The van der Waals surface area contributed by atoms with Crippen LogP contribution in [0.25, 0.3) is 0 Å². The molecular weight excluding hydrogens is 887 g/mol. The van der Waals surface area contributed by atoms with Gasteiger partial charge in [-0.25, -0.2) is 0 Å². The van der Waals surface area contributed by atoms with E-state index in [0.29, 0.717) is 17.4 Å². The number of carboxylic acids is 1. The highest BCUT2D eigenvalue weighted by molar-refractivity contribution is 5.70. The quantitative estimate of drug-likeness (QED) is 0.0195. The number of aliphatic carboxylic acids is 1. The maximum Gasteiger partial charge on any atom is 0.306 e. The molecule has 0 fully saturated rings. The van der Waals surface area contributed by atoms with Gasteiger partial charge in [0.15, 0.2) is 12.4 Å². The summed E-state index contributed by atoms with van der Waals surface area (Å²) in [6.07, 6.45) is 67.5. The van der Waals surface area contributed by atoms with Crippen LogP contribution in [-0.2, 0) is 33.3 Å². The summed E-state index contributed by atoms with van der Waals surface area (Å²) < 4.78 is 22.6. The molecule has 0 N–H and O–H groups in total. The number of unbranched alkanes of at least 4 members (excludes halogenated alkanes) is 20. The summed E-state index contributed by atoms with van der Waals surface area (Å²) in [6.45, 7) is 4.54. The van der Waals surface area contributed by atoms with Gasteiger partial charge in [-0.15, -0.1) is 0 Å². The average molecular weight is 993 g/mol. The van der Waals surface area contributed by atoms with Crippen LogP contribution in [0, 0.1) is 0 Å². The number of ether oxygens (including phenoxy) is 4. The number of quaternary nitrogens is 1. The van der Waals surface area contributed by atoms with Gasteiger partial charge in [0.25, 0.3) is 0 Å². The first kappa shape index (κ1) is 67.2. The number of esters is 2. The fourth-order valence-corrected chi connectivity index (χ4v) is 7.46. The van der Waals surface area contributed by atoms with Gasteiger partial charge in [-0.1, -0.05) is 214 Å². The number of carbonyl (C=O) groups is 3. The lowest BCUT2D eigenvalue weighted by Gasteiger charge is -2.26. The van der Waals surface area contributed by atoms with Crippen molar-refractivity contribution >= 4 is 17.9 Å². The molecule has 0 aromatic carbocycles. The summed E-state index contributed by atoms with van der Waals surface area (Å²) >= 11 is 0. The highest BCUT2D eigenvalue weighted by Gasteiger charge is 2.22. The molecule has 0 saturated heterocycles. The van der Waals surface area contributed by atoms with E-state index in [9.17, 15) is 19.5 Å². The molecule has 9 nitrogen and oxygen atoms in total. The van der Waals surface area contributed by atoms with Gasteiger partial charge in [0.2, 0.25) is 0 Å². The fourth-order valence-electron chi connectivity index (χ4n) is 7.46. The second kappa shape index (κ2) is 52.5. The highest BCUT2D eigenvalue weighted by Crippen LogP contribution is 2.15. The number of hydrogen-bond donors (Lipinski definition) is 0. The zero-order valence-electron chi connectivity index (χ0n) is 46.1. The smallest absolute Gasteiger partial charge is 0.306 e. The molecule has 406 valence electrons. The monoisotopic (exact) mass is 992 g/mol. The van der Waals surface area contributed by atoms with Crippen molar-refractivity contribution in [3.63, 3.8) is 0 Å². The molecule has 9 heteroatoms. The number of carbonyl (C=O) groups excluding carboxylic acids is 3. The van der Waals surface area contributed by atoms with Crippen LogP contribution in [0.5, 0.6) is 0 Å². The highest BCUT2D eigenvalue weighted by atomic mass is 16.7. The van der Waals surface area contributed by atoms with Crippen molar-refractivity contribution in [2.45, 2.75) is 232 Å². The van der Waals surface area contributed by atoms with Gasteiger partial charge >= 0.3 is 11.9 Å². The number of allylic oxidation sites excluding steroid dienone is 16. The van der Waals surface area contributed by atoms with E-state index in [1.165, 1.54) is 77.0 Å². The molecule has 2 atom stereocenters. The molecule has 2 unspecified atom stereocenters. The van der Waals surface area contributed by atoms with Gasteiger partial charge in [0, 0.05) is 12.8 Å². The molecule has 0 rings (SSSR count). The lowest BCUT2D eigenvalue weighted by atomic mass is 10.0. The Morgan fingerprint density at radius 3 is 1.20 bits per heavy atom. The van der Waals surface area contributed by atoms with Crippen LogP contribution in [0.2, 0.25) is 0 Å². The van der Waals surface area contributed by atoms with Gasteiger partial charge in [0.05, 0.1) is 40.3 Å². The van der Waals surface area contributed by atoms with Crippen LogP contribution in [0.1, 0.15) is 219 Å². The maximum atomic E-state index is 12.8. The van der Waals surface area contributed by atoms with Crippen molar-refractivity contribution in [2.75, 3.05) is 47.5 Å². The van der Waals surface area contributed by atoms with Crippen LogP contribution >= 0.6 is 0 Å². The Morgan fingerprint density at radius 1 is 0.437 bits per heavy atom. The van der Waals surface area contributed by atoms with Crippen molar-refractivity contribution in [1.29, 1.82) is 0 Å². The Balaban J connectivity index is 4.15. The zero-order valence-corrected chi connectivity index (χ0v) is 46.1. The van der Waals surface area contributed by atoms with E-state index < -0.39 is 24.3 Å². The molecule has 0 spiro atoms. The van der Waals surface area contributed by atoms with Crippen molar-refractivity contribution in [1.82, 2.24) is 0 Å². The van der Waals surface area contributed by atoms with E-state index in [0.717, 1.165) is 109 Å². The van der Waals surface area contributed by atoms with Gasteiger partial charge < -0.3 is 33.3 Å². The number of carboxylic acid groups (broad SMARTS) is 1. The van der Waals surface area contributed by atoms with Crippen molar-refractivity contribution in [2.24, 2.45) is 0 Å². The van der Waals surface area contributed by atoms with E-state index in [4.69, 9.17) is 18.9 Å². The topological polar surface area (TPSA) is 111 Å². The first-order valence-corrected chi connectivity index (χ1v) is 28.4. The largest absolute Gasteiger partial charge is 0.545 e. The molecule has 0 aliphatic carbocycles. The van der Waals surface area contributed by atoms with E-state index in [-0.39, 0.29) is 38.6 Å². The standard InChI is InChI=1S/C62H105NO8/c1-6-8-10-12-14-16-18-20-21-22-23-24-25-26-27-28-29-30-31-32-33-34-35-36-37-38-39-41-43-45-47-49-51-53-60(65)71-58(57-70-62(61(66)67)68-55-54-63(3,4)5)56-69-59(64)52-50-48-46-44-42-40-19-17-15-13-11-9-7-2/h8,10-11,13-14,16-17,19-21,23-24,26-27,29-30,58,62H,6-7,9,12,15,18,22,25,28,31-57H2,1-5H3/b10-8-,13-11-,16-14-,19-17-,21-20-,24-23-,27-26-,30-29-. The molecule has 71 heavy (non-hydrogen) atoms. The predicted molar refractivity (Wildman–Crippen MR) is 297 cm³/mol. The third kappa shape index (κ3) is 53.8. The predicted octanol–water partition coefficient (Wildman–Crippen LogP) is 15.2. The van der Waals surface area contributed by atoms with Gasteiger partial charge in [-0.05, 0) is 89.9 Å². The Morgan fingerprint density at radius 2 is 0.803 bits per heavy atom. The van der Waals surface area contributed by atoms with Crippen LogP contribution in [0.3, 0.4) is 0 Å². The first-order valence-electron chi connectivity index (χ1n) is 28.4. The van der Waals surface area contributed by atoms with Crippen molar-refractivity contribution < 1.29 is 42.9 Å². The van der Waals surface area contributed by atoms with Crippen molar-refractivity contribution in [3.8, 4) is 0 Å². The summed E-state index contributed by atoms with van der Waals surface area (Å²) in [5, 5.41) is 11.7. The average Bonchev–Trinajstić information content (AvgIpc) is 3.34. The second-order valence-electron chi connectivity index (χ2n) is 19.8. The van der Waals surface area contributed by atoms with Crippen molar-refractivity contribution in [3.05, 3.63) is 97.2 Å². The summed E-state index contributed by atoms with van der Waals surface area (Å²) in [5.74, 6) is -2.31. The van der Waals surface area contributed by atoms with Crippen LogP contribution in [0.15, 0.2) is 97.2 Å². The minimum Gasteiger partial charge on any atom is -0.545 e. The normalized spacial score (nSPS) is 13.5. The molecule has 0 saturated carbocycles. The van der Waals surface area contributed by atoms with E-state index in [1.807, 2.05) is 21.1 Å². The summed E-state index contributed by atoms with van der Waals surface area (Å²) in [7, 11) is 5.91. The van der Waals surface area contributed by atoms with Crippen LogP contribution in [0.4, 0.5) is 0 Å². The third-order valence-electron chi connectivity index (χ3n) is 11.8. The molecule has 0 aromatic heterocycles. The van der Waals surface area contributed by atoms with E-state index in [1.54, 1.807) is 0 Å². The summed E-state index contributed by atoms with van der Waals surface area (Å²) in [6, 6.07) is 0. The fraction of sp³-hybridized carbons (Fsp3) is 0.694. The maximum absolute atomic E-state index is 12.8. The lowest BCUT2D eigenvalue weighted by Crippen LogP contribution is -2.44. The van der Waals surface area contributed by atoms with Gasteiger partial charge in [-0.2, -0.15) is 0 Å². The molecule has 0 heterocycles. The number of nitrogens with zero attached hydrogens (tertiary/aromatic N) is 1. The Bertz CT molecular complexity index is 1480. The van der Waals surface area contributed by atoms with Crippen LogP contribution < -0.4 is 5.11 Å². The molecule has 0 aliphatic rings. The Labute approximate surface area is 435 Å². The minimum absolute atomic E-state index is 0.142. The first-order chi connectivity index (χ1) is 34.6. The van der Waals surface area contributed by atoms with E-state index >= 15 is 0 Å². The lowest BCUT2D eigenvalue weighted by molar-refractivity contribution is -0.870. The van der Waals surface area contributed by atoms with E-state index in [2.05, 4.69) is 111 Å². The van der Waals surface area contributed by atoms with Crippen LogP contribution in [-0.4, -0.2) is 82.3 Å². The van der Waals surface area contributed by atoms with Gasteiger partial charge in [0.1, 0.15) is 13.2 Å². The third-order valence-corrected chi connectivity index (χ3v) is 11.8. The van der Waals surface area contributed by atoms with Gasteiger partial charge in [-0.3, -0.25) is 9.59 Å². The Kier molecular flexibility index (Phi) is 49.7. The Hall–Kier alpha value is -3.79. The molecule has 0 bridgehead atoms. The second-order valence-corrected chi connectivity index (χ2v) is 19.8. The SMILES string of the molecule is CC/C=C\C/C=C\C/C=C\C/C=C\C/C=C\C/C=C\CCCCCCCCCCCCCCCCC(=O)OC(COC(=O)CCCCCCC/C=C\C/C=C\CCC)COC(OCC[N+](C)(C)C)C(=O)[O-]. The number of rotatable bonds is 51. The zero-order chi connectivity index (χ0) is 52.0. The molecule has 0 aromatic rings. The molecule has 0 aliphatic heterocycles. The number of likely N-dealkylation sites (N-methyl/N-ethyl adjacent to an activating group) is 1. The summed E-state index contributed by atoms with van der Waals surface area (Å²) in [4.78, 5) is 37.2. The molecular formula is C62H105NO8. The summed E-state index contributed by atoms with van der Waals surface area (Å²) in [5.41, 5.74) is 0. The minimum atomic E-state index is -1.63. The molecule has 0 amide bonds. The molecule has 0 radical (unpaired) electrons.